The molecule has 6 nitrogen and oxygen atoms in total. The summed E-state index contributed by atoms with van der Waals surface area (Å²) in [5.41, 5.74) is 1.90. The Morgan fingerprint density at radius 3 is 2.62 bits per heavy atom. The van der Waals surface area contributed by atoms with Gasteiger partial charge in [0.2, 0.25) is 5.13 Å². The molecule has 2 heterocycles. The van der Waals surface area contributed by atoms with Gasteiger partial charge in [-0.1, -0.05) is 26.0 Å². The number of piperidine rings is 1. The summed E-state index contributed by atoms with van der Waals surface area (Å²) in [7, 11) is 0. The van der Waals surface area contributed by atoms with Gasteiger partial charge >= 0.3 is 6.03 Å². The highest BCUT2D eigenvalue weighted by atomic mass is 32.1. The second kappa shape index (κ2) is 7.61. The lowest BCUT2D eigenvalue weighted by Crippen LogP contribution is -2.30. The molecule has 2 N–H and O–H groups in total. The Bertz CT molecular complexity index is 694. The quantitative estimate of drug-likeness (QED) is 0.867. The molecule has 0 atom stereocenters. The fourth-order valence-corrected chi connectivity index (χ4v) is 3.47. The van der Waals surface area contributed by atoms with Crippen molar-refractivity contribution in [2.75, 3.05) is 28.6 Å². The first kappa shape index (κ1) is 16.7. The van der Waals surface area contributed by atoms with Crippen molar-refractivity contribution in [1.82, 2.24) is 9.36 Å². The first-order chi connectivity index (χ1) is 11.6. The summed E-state index contributed by atoms with van der Waals surface area (Å²) in [4.78, 5) is 19.0. The van der Waals surface area contributed by atoms with E-state index in [1.54, 1.807) is 0 Å². The van der Waals surface area contributed by atoms with E-state index in [1.165, 1.54) is 30.8 Å². The molecule has 1 aliphatic rings. The maximum absolute atomic E-state index is 12.3. The van der Waals surface area contributed by atoms with Crippen LogP contribution in [0.5, 0.6) is 0 Å². The number of nitrogens with one attached hydrogen (secondary N) is 2. The minimum atomic E-state index is -0.286. The summed E-state index contributed by atoms with van der Waals surface area (Å²) >= 11 is 1.21. The summed E-state index contributed by atoms with van der Waals surface area (Å²) in [6.07, 6.45) is 3.68. The molecular formula is C17H23N5OS. The van der Waals surface area contributed by atoms with Gasteiger partial charge in [0.15, 0.2) is 0 Å². The summed E-state index contributed by atoms with van der Waals surface area (Å²) in [6.45, 7) is 6.13. The Morgan fingerprint density at radius 1 is 1.17 bits per heavy atom. The van der Waals surface area contributed by atoms with E-state index in [2.05, 4.69) is 31.0 Å². The van der Waals surface area contributed by atoms with Gasteiger partial charge in [-0.2, -0.15) is 4.37 Å². The fraction of sp³-hybridized carbons (Fsp3) is 0.471. The standard InChI is InChI=1S/C17H23N5OS/c1-12(2)15-19-17(24-21-15)20-16(23)18-13-8-4-5-9-14(13)22-10-6-3-7-11-22/h4-5,8-9,12H,3,6-7,10-11H2,1-2H3,(H2,18,19,20,21,23). The topological polar surface area (TPSA) is 70.2 Å². The summed E-state index contributed by atoms with van der Waals surface area (Å²) in [6, 6.07) is 7.65. The molecule has 128 valence electrons. The number of rotatable bonds is 4. The van der Waals surface area contributed by atoms with Gasteiger partial charge in [0.1, 0.15) is 5.82 Å². The van der Waals surface area contributed by atoms with Crippen LogP contribution in [0.15, 0.2) is 24.3 Å². The molecule has 24 heavy (non-hydrogen) atoms. The van der Waals surface area contributed by atoms with E-state index in [0.29, 0.717) is 5.13 Å². The van der Waals surface area contributed by atoms with Crippen LogP contribution in [0.25, 0.3) is 0 Å². The van der Waals surface area contributed by atoms with Crippen molar-refractivity contribution in [2.24, 2.45) is 0 Å². The molecule has 7 heteroatoms. The van der Waals surface area contributed by atoms with Crippen LogP contribution in [-0.2, 0) is 0 Å². The average Bonchev–Trinajstić information content (AvgIpc) is 3.05. The predicted molar refractivity (Wildman–Crippen MR) is 99.1 cm³/mol. The van der Waals surface area contributed by atoms with Crippen molar-refractivity contribution >= 4 is 34.1 Å². The Labute approximate surface area is 146 Å². The number of benzene rings is 1. The highest BCUT2D eigenvalue weighted by molar-refractivity contribution is 7.09. The Kier molecular flexibility index (Phi) is 5.30. The number of carbonyl (C=O) groups excluding carboxylic acids is 1. The van der Waals surface area contributed by atoms with E-state index in [0.717, 1.165) is 30.3 Å². The number of amides is 2. The Morgan fingerprint density at radius 2 is 1.92 bits per heavy atom. The number of anilines is 3. The molecule has 3 rings (SSSR count). The molecule has 0 spiro atoms. The first-order valence-electron chi connectivity index (χ1n) is 8.39. The van der Waals surface area contributed by atoms with Crippen LogP contribution < -0.4 is 15.5 Å². The largest absolute Gasteiger partial charge is 0.370 e. The monoisotopic (exact) mass is 345 g/mol. The lowest BCUT2D eigenvalue weighted by molar-refractivity contribution is 0.262. The second-order valence-electron chi connectivity index (χ2n) is 6.26. The SMILES string of the molecule is CC(C)c1nsc(NC(=O)Nc2ccccc2N2CCCCC2)n1. The van der Waals surface area contributed by atoms with Crippen molar-refractivity contribution in [2.45, 2.75) is 39.0 Å². The first-order valence-corrected chi connectivity index (χ1v) is 9.16. The fourth-order valence-electron chi connectivity index (χ4n) is 2.76. The van der Waals surface area contributed by atoms with Gasteiger partial charge in [0.05, 0.1) is 11.4 Å². The van der Waals surface area contributed by atoms with E-state index >= 15 is 0 Å². The average molecular weight is 345 g/mol. The minimum Gasteiger partial charge on any atom is -0.370 e. The van der Waals surface area contributed by atoms with Gasteiger partial charge in [-0.25, -0.2) is 9.78 Å². The second-order valence-corrected chi connectivity index (χ2v) is 7.01. The van der Waals surface area contributed by atoms with Gasteiger partial charge in [-0.15, -0.1) is 0 Å². The molecule has 1 aliphatic heterocycles. The molecule has 0 unspecified atom stereocenters. The zero-order valence-corrected chi connectivity index (χ0v) is 14.9. The molecule has 1 aromatic heterocycles. The van der Waals surface area contributed by atoms with Gasteiger partial charge in [0.25, 0.3) is 0 Å². The summed E-state index contributed by atoms with van der Waals surface area (Å²) in [5.74, 6) is 1.00. The van der Waals surface area contributed by atoms with E-state index in [9.17, 15) is 4.79 Å². The van der Waals surface area contributed by atoms with Gasteiger partial charge in [0, 0.05) is 30.5 Å². The summed E-state index contributed by atoms with van der Waals surface area (Å²) < 4.78 is 4.25. The van der Waals surface area contributed by atoms with Crippen molar-refractivity contribution < 1.29 is 4.79 Å². The highest BCUT2D eigenvalue weighted by Crippen LogP contribution is 2.28. The zero-order valence-electron chi connectivity index (χ0n) is 14.1. The van der Waals surface area contributed by atoms with E-state index in [-0.39, 0.29) is 11.9 Å². The molecule has 2 aromatic rings. The number of carbonyl (C=O) groups is 1. The lowest BCUT2D eigenvalue weighted by Gasteiger charge is -2.30. The van der Waals surface area contributed by atoms with Crippen LogP contribution in [0.2, 0.25) is 0 Å². The number of nitrogens with zero attached hydrogens (tertiary/aromatic N) is 3. The van der Waals surface area contributed by atoms with E-state index in [1.807, 2.05) is 32.0 Å². The molecule has 1 saturated heterocycles. The zero-order chi connectivity index (χ0) is 16.9. The van der Waals surface area contributed by atoms with Crippen molar-refractivity contribution in [1.29, 1.82) is 0 Å². The van der Waals surface area contributed by atoms with Crippen LogP contribution in [0.3, 0.4) is 0 Å². The van der Waals surface area contributed by atoms with E-state index in [4.69, 9.17) is 0 Å². The predicted octanol–water partition coefficient (Wildman–Crippen LogP) is 4.30. The van der Waals surface area contributed by atoms with Gasteiger partial charge in [-0.3, -0.25) is 5.32 Å². The van der Waals surface area contributed by atoms with E-state index < -0.39 is 0 Å². The molecule has 0 saturated carbocycles. The third-order valence-corrected chi connectivity index (χ3v) is 4.67. The number of urea groups is 1. The highest BCUT2D eigenvalue weighted by Gasteiger charge is 2.16. The molecule has 0 bridgehead atoms. The third kappa shape index (κ3) is 4.03. The van der Waals surface area contributed by atoms with Crippen LogP contribution >= 0.6 is 11.5 Å². The number of hydrogen-bond acceptors (Lipinski definition) is 5. The molecule has 2 amide bonds. The van der Waals surface area contributed by atoms with Crippen LogP contribution in [0.1, 0.15) is 44.9 Å². The minimum absolute atomic E-state index is 0.250. The Hall–Kier alpha value is -2.15. The number of aromatic nitrogens is 2. The maximum atomic E-state index is 12.3. The molecule has 0 aliphatic carbocycles. The third-order valence-electron chi connectivity index (χ3n) is 4.03. The lowest BCUT2D eigenvalue weighted by atomic mass is 10.1. The smallest absolute Gasteiger partial charge is 0.325 e. The normalized spacial score (nSPS) is 14.7. The molecule has 0 radical (unpaired) electrons. The van der Waals surface area contributed by atoms with Crippen molar-refractivity contribution in [3.63, 3.8) is 0 Å². The molecule has 1 aromatic carbocycles. The maximum Gasteiger partial charge on any atom is 0.325 e. The van der Waals surface area contributed by atoms with Crippen LogP contribution in [0.4, 0.5) is 21.3 Å². The number of para-hydroxylation sites is 2. The number of hydrogen-bond donors (Lipinski definition) is 2. The van der Waals surface area contributed by atoms with Gasteiger partial charge < -0.3 is 10.2 Å². The Balaban J connectivity index is 1.67. The summed E-state index contributed by atoms with van der Waals surface area (Å²) in [5, 5.41) is 6.23. The van der Waals surface area contributed by atoms with Crippen LogP contribution in [-0.4, -0.2) is 28.5 Å². The van der Waals surface area contributed by atoms with Crippen LogP contribution in [0, 0.1) is 0 Å². The molecule has 1 fully saturated rings. The molecular weight excluding hydrogens is 322 g/mol. The van der Waals surface area contributed by atoms with Crippen molar-refractivity contribution in [3.8, 4) is 0 Å². The van der Waals surface area contributed by atoms with Gasteiger partial charge in [-0.05, 0) is 31.4 Å². The van der Waals surface area contributed by atoms with Crippen molar-refractivity contribution in [3.05, 3.63) is 30.1 Å².